The van der Waals surface area contributed by atoms with Crippen molar-refractivity contribution < 1.29 is 17.2 Å². The van der Waals surface area contributed by atoms with E-state index in [2.05, 4.69) is 10.0 Å². The van der Waals surface area contributed by atoms with Gasteiger partial charge >= 0.3 is 0 Å². The molecule has 7 heteroatoms. The van der Waals surface area contributed by atoms with Gasteiger partial charge in [0.05, 0.1) is 4.90 Å². The summed E-state index contributed by atoms with van der Waals surface area (Å²) in [5.74, 6) is -2.24. The molecule has 0 spiro atoms. The van der Waals surface area contributed by atoms with Crippen molar-refractivity contribution in [1.82, 2.24) is 10.0 Å². The van der Waals surface area contributed by atoms with Gasteiger partial charge in [0.15, 0.2) is 11.6 Å². The lowest BCUT2D eigenvalue weighted by molar-refractivity contribution is 0.504. The molecule has 4 nitrogen and oxygen atoms in total. The number of benzene rings is 1. The summed E-state index contributed by atoms with van der Waals surface area (Å²) in [7, 11) is -3.80. The predicted molar refractivity (Wildman–Crippen MR) is 71.7 cm³/mol. The maximum Gasteiger partial charge on any atom is 0.240 e. The number of rotatable bonds is 5. The molecule has 0 saturated heterocycles. The van der Waals surface area contributed by atoms with Crippen LogP contribution in [0.15, 0.2) is 34.7 Å². The molecule has 1 aromatic rings. The van der Waals surface area contributed by atoms with E-state index in [9.17, 15) is 17.2 Å². The Morgan fingerprint density at radius 2 is 2.05 bits per heavy atom. The third kappa shape index (κ3) is 3.84. The summed E-state index contributed by atoms with van der Waals surface area (Å²) >= 11 is 0. The van der Waals surface area contributed by atoms with Crippen LogP contribution >= 0.6 is 0 Å². The monoisotopic (exact) mass is 302 g/mol. The Morgan fingerprint density at radius 1 is 1.25 bits per heavy atom. The van der Waals surface area contributed by atoms with Gasteiger partial charge in [-0.3, -0.25) is 0 Å². The highest BCUT2D eigenvalue weighted by molar-refractivity contribution is 7.89. The number of halogens is 2. The summed E-state index contributed by atoms with van der Waals surface area (Å²) in [4.78, 5) is -0.268. The van der Waals surface area contributed by atoms with Crippen molar-refractivity contribution in [3.8, 4) is 0 Å². The molecule has 0 atom stereocenters. The van der Waals surface area contributed by atoms with Crippen LogP contribution in [-0.2, 0) is 10.0 Å². The second-order valence-electron chi connectivity index (χ2n) is 4.54. The highest BCUT2D eigenvalue weighted by Crippen LogP contribution is 2.14. The van der Waals surface area contributed by atoms with Crippen molar-refractivity contribution in [3.05, 3.63) is 41.5 Å². The summed E-state index contributed by atoms with van der Waals surface area (Å²) < 4.78 is 52.0. The van der Waals surface area contributed by atoms with Crippen LogP contribution in [0.2, 0.25) is 0 Å². The quantitative estimate of drug-likeness (QED) is 0.812. The maximum atomic E-state index is 13.0. The van der Waals surface area contributed by atoms with Crippen LogP contribution in [0.4, 0.5) is 8.78 Å². The van der Waals surface area contributed by atoms with Gasteiger partial charge in [-0.15, -0.1) is 0 Å². The first-order chi connectivity index (χ1) is 9.49. The molecule has 0 unspecified atom stereocenters. The molecule has 2 rings (SSSR count). The largest absolute Gasteiger partial charge is 0.313 e. The Kier molecular flexibility index (Phi) is 4.85. The van der Waals surface area contributed by atoms with Crippen molar-refractivity contribution in [2.24, 2.45) is 0 Å². The van der Waals surface area contributed by atoms with Gasteiger partial charge in [0, 0.05) is 13.1 Å². The normalized spacial score (nSPS) is 16.0. The van der Waals surface area contributed by atoms with E-state index in [1.54, 1.807) is 0 Å². The maximum absolute atomic E-state index is 13.0. The molecular formula is C13H16F2N2O2S. The minimum absolute atomic E-state index is 0.243. The van der Waals surface area contributed by atoms with Gasteiger partial charge in [0.1, 0.15) is 0 Å². The van der Waals surface area contributed by atoms with E-state index in [1.807, 2.05) is 6.08 Å². The van der Waals surface area contributed by atoms with Gasteiger partial charge in [0.25, 0.3) is 0 Å². The van der Waals surface area contributed by atoms with Crippen molar-refractivity contribution in [2.45, 2.75) is 17.7 Å². The van der Waals surface area contributed by atoms with E-state index in [0.29, 0.717) is 12.5 Å². The summed E-state index contributed by atoms with van der Waals surface area (Å²) in [6.45, 7) is 1.93. The van der Waals surface area contributed by atoms with E-state index >= 15 is 0 Å². The van der Waals surface area contributed by atoms with E-state index in [0.717, 1.165) is 31.6 Å². The van der Waals surface area contributed by atoms with Gasteiger partial charge in [-0.1, -0.05) is 11.6 Å². The molecule has 110 valence electrons. The number of hydrogen-bond acceptors (Lipinski definition) is 3. The predicted octanol–water partition coefficient (Wildman–Crippen LogP) is 1.55. The van der Waals surface area contributed by atoms with Crippen molar-refractivity contribution in [1.29, 1.82) is 0 Å². The number of sulfonamides is 1. The van der Waals surface area contributed by atoms with Crippen LogP contribution in [0.25, 0.3) is 0 Å². The summed E-state index contributed by atoms with van der Waals surface area (Å²) in [6.07, 6.45) is 3.55. The molecule has 0 amide bonds. The van der Waals surface area contributed by atoms with Crippen LogP contribution < -0.4 is 10.0 Å². The van der Waals surface area contributed by atoms with Crippen LogP contribution in [0, 0.1) is 11.6 Å². The third-order valence-electron chi connectivity index (χ3n) is 3.10. The SMILES string of the molecule is O=S(=O)(NCCC1=CCNCC1)c1ccc(F)c(F)c1. The first-order valence-corrected chi connectivity index (χ1v) is 7.81. The Balaban J connectivity index is 1.96. The lowest BCUT2D eigenvalue weighted by atomic mass is 10.1. The Morgan fingerprint density at radius 3 is 2.70 bits per heavy atom. The first kappa shape index (κ1) is 15.1. The molecule has 0 fully saturated rings. The highest BCUT2D eigenvalue weighted by atomic mass is 32.2. The fraction of sp³-hybridized carbons (Fsp3) is 0.385. The third-order valence-corrected chi connectivity index (χ3v) is 4.56. The second-order valence-corrected chi connectivity index (χ2v) is 6.31. The van der Waals surface area contributed by atoms with Gasteiger partial charge in [0.2, 0.25) is 10.0 Å². The Bertz CT molecular complexity index is 615. The lowest BCUT2D eigenvalue weighted by Crippen LogP contribution is -2.27. The average molecular weight is 302 g/mol. The van der Waals surface area contributed by atoms with Gasteiger partial charge in [-0.2, -0.15) is 0 Å². The van der Waals surface area contributed by atoms with Crippen molar-refractivity contribution >= 4 is 10.0 Å². The average Bonchev–Trinajstić information content (AvgIpc) is 2.43. The number of nitrogens with one attached hydrogen (secondary N) is 2. The Labute approximate surface area is 116 Å². The van der Waals surface area contributed by atoms with Crippen molar-refractivity contribution in [2.75, 3.05) is 19.6 Å². The Hall–Kier alpha value is -1.31. The van der Waals surface area contributed by atoms with Gasteiger partial charge in [-0.25, -0.2) is 21.9 Å². The molecule has 1 aliphatic rings. The molecular weight excluding hydrogens is 286 g/mol. The van der Waals surface area contributed by atoms with Crippen LogP contribution in [0.1, 0.15) is 12.8 Å². The standard InChI is InChI=1S/C13H16F2N2O2S/c14-12-2-1-11(9-13(12)15)20(18,19)17-8-5-10-3-6-16-7-4-10/h1-3,9,16-17H,4-8H2. The number of hydrogen-bond donors (Lipinski definition) is 2. The highest BCUT2D eigenvalue weighted by Gasteiger charge is 2.16. The van der Waals surface area contributed by atoms with Gasteiger partial charge in [-0.05, 0) is 37.6 Å². The first-order valence-electron chi connectivity index (χ1n) is 6.32. The molecule has 0 radical (unpaired) electrons. The fourth-order valence-corrected chi connectivity index (χ4v) is 3.01. The van der Waals surface area contributed by atoms with Gasteiger partial charge < -0.3 is 5.32 Å². The molecule has 2 N–H and O–H groups in total. The summed E-state index contributed by atoms with van der Waals surface area (Å²) in [5.41, 5.74) is 1.19. The zero-order valence-electron chi connectivity index (χ0n) is 10.8. The van der Waals surface area contributed by atoms with Crippen LogP contribution in [0.3, 0.4) is 0 Å². The molecule has 1 aromatic carbocycles. The molecule has 0 saturated carbocycles. The molecule has 0 aliphatic carbocycles. The van der Waals surface area contributed by atoms with Crippen LogP contribution in [0.5, 0.6) is 0 Å². The van der Waals surface area contributed by atoms with E-state index in [-0.39, 0.29) is 11.4 Å². The topological polar surface area (TPSA) is 58.2 Å². The van der Waals surface area contributed by atoms with Crippen molar-refractivity contribution in [3.63, 3.8) is 0 Å². The van der Waals surface area contributed by atoms with E-state index in [4.69, 9.17) is 0 Å². The molecule has 0 bridgehead atoms. The molecule has 1 aliphatic heterocycles. The lowest BCUT2D eigenvalue weighted by Gasteiger charge is -2.14. The smallest absolute Gasteiger partial charge is 0.240 e. The molecule has 0 aromatic heterocycles. The van der Waals surface area contributed by atoms with E-state index in [1.165, 1.54) is 5.57 Å². The molecule has 20 heavy (non-hydrogen) atoms. The zero-order valence-corrected chi connectivity index (χ0v) is 11.6. The summed E-state index contributed by atoms with van der Waals surface area (Å²) in [6, 6.07) is 2.53. The minimum Gasteiger partial charge on any atom is -0.313 e. The summed E-state index contributed by atoms with van der Waals surface area (Å²) in [5, 5.41) is 3.17. The zero-order chi connectivity index (χ0) is 14.6. The molecule has 1 heterocycles. The minimum atomic E-state index is -3.80. The fourth-order valence-electron chi connectivity index (χ4n) is 1.97. The van der Waals surface area contributed by atoms with Crippen LogP contribution in [-0.4, -0.2) is 28.1 Å². The second kappa shape index (κ2) is 6.43. The van der Waals surface area contributed by atoms with E-state index < -0.39 is 21.7 Å².